The number of carbonyl (C=O) groups is 2. The van der Waals surface area contributed by atoms with Crippen LogP contribution in [-0.4, -0.2) is 16.9 Å². The highest BCUT2D eigenvalue weighted by atomic mass is 32.1. The van der Waals surface area contributed by atoms with Crippen LogP contribution < -0.4 is 4.90 Å². The maximum absolute atomic E-state index is 12.3. The number of rotatable bonds is 5. The van der Waals surface area contributed by atoms with E-state index in [4.69, 9.17) is 10.00 Å². The lowest BCUT2D eigenvalue weighted by Gasteiger charge is -2.20. The summed E-state index contributed by atoms with van der Waals surface area (Å²) in [6, 6.07) is 14.1. The molecular weight excluding hydrogens is 386 g/mol. The molecule has 0 atom stereocenters. The SMILES string of the molecule is CC(=O)N(c1nc(COC(=O)c2ccc(C#N)cc2)cs1)c1ccc(C)cc1C. The van der Waals surface area contributed by atoms with Gasteiger partial charge in [-0.1, -0.05) is 17.7 Å². The van der Waals surface area contributed by atoms with Crippen LogP contribution in [-0.2, 0) is 16.1 Å². The Hall–Kier alpha value is -3.50. The fourth-order valence-corrected chi connectivity index (χ4v) is 3.70. The Morgan fingerprint density at radius 2 is 1.90 bits per heavy atom. The van der Waals surface area contributed by atoms with Crippen LogP contribution in [0.3, 0.4) is 0 Å². The maximum atomic E-state index is 12.3. The van der Waals surface area contributed by atoms with Crippen LogP contribution in [0.25, 0.3) is 0 Å². The molecule has 3 rings (SSSR count). The van der Waals surface area contributed by atoms with E-state index < -0.39 is 5.97 Å². The van der Waals surface area contributed by atoms with Gasteiger partial charge in [0, 0.05) is 12.3 Å². The van der Waals surface area contributed by atoms with Crippen molar-refractivity contribution in [1.82, 2.24) is 4.98 Å². The van der Waals surface area contributed by atoms with Gasteiger partial charge in [0.1, 0.15) is 6.61 Å². The molecule has 6 nitrogen and oxygen atoms in total. The van der Waals surface area contributed by atoms with Crippen LogP contribution >= 0.6 is 11.3 Å². The van der Waals surface area contributed by atoms with Gasteiger partial charge in [-0.25, -0.2) is 9.78 Å². The first-order valence-electron chi connectivity index (χ1n) is 8.88. The van der Waals surface area contributed by atoms with Crippen molar-refractivity contribution in [2.24, 2.45) is 0 Å². The quantitative estimate of drug-likeness (QED) is 0.576. The molecule has 1 aromatic heterocycles. The third-order valence-electron chi connectivity index (χ3n) is 4.24. The first kappa shape index (κ1) is 20.2. The Balaban J connectivity index is 1.74. The molecule has 0 aliphatic heterocycles. The molecule has 0 bridgehead atoms. The Labute approximate surface area is 173 Å². The van der Waals surface area contributed by atoms with Gasteiger partial charge in [0.2, 0.25) is 5.91 Å². The predicted octanol–water partition coefficient (Wildman–Crippen LogP) is 4.67. The second-order valence-corrected chi connectivity index (χ2v) is 7.37. The van der Waals surface area contributed by atoms with E-state index >= 15 is 0 Å². The summed E-state index contributed by atoms with van der Waals surface area (Å²) in [5.74, 6) is -0.644. The zero-order valence-electron chi connectivity index (χ0n) is 16.3. The number of carbonyl (C=O) groups excluding carboxylic acids is 2. The van der Waals surface area contributed by atoms with Crippen LogP contribution in [0.4, 0.5) is 10.8 Å². The highest BCUT2D eigenvalue weighted by Gasteiger charge is 2.20. The van der Waals surface area contributed by atoms with Crippen molar-refractivity contribution in [3.8, 4) is 6.07 Å². The molecule has 0 saturated heterocycles. The van der Waals surface area contributed by atoms with Gasteiger partial charge >= 0.3 is 5.97 Å². The predicted molar refractivity (Wildman–Crippen MR) is 111 cm³/mol. The molecule has 1 heterocycles. The lowest BCUT2D eigenvalue weighted by Crippen LogP contribution is -2.23. The summed E-state index contributed by atoms with van der Waals surface area (Å²) in [6.07, 6.45) is 0. The summed E-state index contributed by atoms with van der Waals surface area (Å²) < 4.78 is 5.31. The molecule has 0 aliphatic carbocycles. The number of nitriles is 1. The van der Waals surface area contributed by atoms with E-state index in [-0.39, 0.29) is 12.5 Å². The van der Waals surface area contributed by atoms with Gasteiger partial charge in [0.25, 0.3) is 0 Å². The monoisotopic (exact) mass is 405 g/mol. The van der Waals surface area contributed by atoms with Gasteiger partial charge in [-0.2, -0.15) is 5.26 Å². The largest absolute Gasteiger partial charge is 0.456 e. The Bertz CT molecular complexity index is 1100. The zero-order valence-corrected chi connectivity index (χ0v) is 17.1. The number of benzene rings is 2. The second kappa shape index (κ2) is 8.67. The highest BCUT2D eigenvalue weighted by molar-refractivity contribution is 7.14. The highest BCUT2D eigenvalue weighted by Crippen LogP contribution is 2.31. The van der Waals surface area contributed by atoms with Crippen molar-refractivity contribution >= 4 is 34.0 Å². The first-order chi connectivity index (χ1) is 13.9. The van der Waals surface area contributed by atoms with Crippen LogP contribution in [0.15, 0.2) is 47.8 Å². The molecule has 1 amide bonds. The number of thiazole rings is 1. The molecule has 146 valence electrons. The van der Waals surface area contributed by atoms with Crippen molar-refractivity contribution in [3.05, 3.63) is 75.8 Å². The van der Waals surface area contributed by atoms with E-state index in [0.717, 1.165) is 16.8 Å². The smallest absolute Gasteiger partial charge is 0.338 e. The van der Waals surface area contributed by atoms with Gasteiger partial charge in [0.15, 0.2) is 5.13 Å². The zero-order chi connectivity index (χ0) is 21.0. The second-order valence-electron chi connectivity index (χ2n) is 6.53. The molecule has 29 heavy (non-hydrogen) atoms. The molecule has 0 aliphatic rings. The van der Waals surface area contributed by atoms with Crippen LogP contribution in [0, 0.1) is 25.2 Å². The van der Waals surface area contributed by atoms with E-state index in [2.05, 4.69) is 4.98 Å². The summed E-state index contributed by atoms with van der Waals surface area (Å²) in [6.45, 7) is 5.43. The van der Waals surface area contributed by atoms with E-state index in [1.54, 1.807) is 34.5 Å². The molecule has 0 fully saturated rings. The van der Waals surface area contributed by atoms with Crippen molar-refractivity contribution in [2.75, 3.05) is 4.90 Å². The normalized spacial score (nSPS) is 10.3. The lowest BCUT2D eigenvalue weighted by atomic mass is 10.1. The van der Waals surface area contributed by atoms with E-state index in [1.165, 1.54) is 18.3 Å². The first-order valence-corrected chi connectivity index (χ1v) is 9.76. The van der Waals surface area contributed by atoms with E-state index in [0.29, 0.717) is 22.0 Å². The number of anilines is 2. The van der Waals surface area contributed by atoms with Crippen LogP contribution in [0.1, 0.15) is 39.7 Å². The molecular formula is C22H19N3O3S. The maximum Gasteiger partial charge on any atom is 0.338 e. The van der Waals surface area contributed by atoms with Gasteiger partial charge in [0.05, 0.1) is 28.6 Å². The Morgan fingerprint density at radius 3 is 2.52 bits per heavy atom. The molecule has 0 saturated carbocycles. The average molecular weight is 405 g/mol. The Morgan fingerprint density at radius 1 is 1.17 bits per heavy atom. The fourth-order valence-electron chi connectivity index (χ4n) is 2.83. The van der Waals surface area contributed by atoms with Gasteiger partial charge in [-0.3, -0.25) is 9.69 Å². The van der Waals surface area contributed by atoms with Gasteiger partial charge < -0.3 is 4.74 Å². The third kappa shape index (κ3) is 4.68. The van der Waals surface area contributed by atoms with Crippen molar-refractivity contribution in [3.63, 3.8) is 0 Å². The minimum Gasteiger partial charge on any atom is -0.456 e. The van der Waals surface area contributed by atoms with E-state index in [9.17, 15) is 9.59 Å². The Kier molecular flexibility index (Phi) is 6.05. The number of amides is 1. The molecule has 0 spiro atoms. The number of hydrogen-bond acceptors (Lipinski definition) is 6. The molecule has 2 aromatic carbocycles. The molecule has 0 radical (unpaired) electrons. The summed E-state index contributed by atoms with van der Waals surface area (Å²) in [4.78, 5) is 30.5. The third-order valence-corrected chi connectivity index (χ3v) is 5.11. The topological polar surface area (TPSA) is 83.3 Å². The summed E-state index contributed by atoms with van der Waals surface area (Å²) in [5.41, 5.74) is 4.26. The number of aryl methyl sites for hydroxylation is 2. The number of aromatic nitrogens is 1. The van der Waals surface area contributed by atoms with Crippen molar-refractivity contribution < 1.29 is 14.3 Å². The molecule has 0 N–H and O–H groups in total. The summed E-state index contributed by atoms with van der Waals surface area (Å²) in [5, 5.41) is 11.1. The van der Waals surface area contributed by atoms with Gasteiger partial charge in [-0.15, -0.1) is 11.3 Å². The number of nitrogens with zero attached hydrogens (tertiary/aromatic N) is 3. The molecule has 7 heteroatoms. The van der Waals surface area contributed by atoms with Crippen molar-refractivity contribution in [1.29, 1.82) is 5.26 Å². The fraction of sp³-hybridized carbons (Fsp3) is 0.182. The number of ether oxygens (including phenoxy) is 1. The average Bonchev–Trinajstić information content (AvgIpc) is 3.16. The summed E-state index contributed by atoms with van der Waals surface area (Å²) >= 11 is 1.31. The van der Waals surface area contributed by atoms with Crippen LogP contribution in [0.5, 0.6) is 0 Å². The minimum atomic E-state index is -0.498. The standard InChI is InChI=1S/C22H19N3O3S/c1-14-4-9-20(15(2)10-14)25(16(3)26)22-24-19(13-29-22)12-28-21(27)18-7-5-17(11-23)6-8-18/h4-10,13H,12H2,1-3H3. The van der Waals surface area contributed by atoms with Crippen LogP contribution in [0.2, 0.25) is 0 Å². The van der Waals surface area contributed by atoms with E-state index in [1.807, 2.05) is 38.1 Å². The molecule has 0 unspecified atom stereocenters. The number of esters is 1. The minimum absolute atomic E-state index is 0.00599. The van der Waals surface area contributed by atoms with Gasteiger partial charge in [-0.05, 0) is 49.7 Å². The number of hydrogen-bond donors (Lipinski definition) is 0. The summed E-state index contributed by atoms with van der Waals surface area (Å²) in [7, 11) is 0. The lowest BCUT2D eigenvalue weighted by molar-refractivity contribution is -0.115. The van der Waals surface area contributed by atoms with Crippen molar-refractivity contribution in [2.45, 2.75) is 27.4 Å². The molecule has 3 aromatic rings.